The number of nitrogens with one attached hydrogen (secondary N) is 1. The molecule has 0 saturated heterocycles. The Hall–Kier alpha value is -3.54. The second-order valence-electron chi connectivity index (χ2n) is 8.11. The van der Waals surface area contributed by atoms with Gasteiger partial charge in [-0.05, 0) is 55.3 Å². The van der Waals surface area contributed by atoms with Gasteiger partial charge >= 0.3 is 0 Å². The maximum atomic E-state index is 12.9. The molecule has 2 amide bonds. The summed E-state index contributed by atoms with van der Waals surface area (Å²) in [5, 5.41) is 2.98. The molecule has 1 saturated carbocycles. The minimum absolute atomic E-state index is 0.000777. The summed E-state index contributed by atoms with van der Waals surface area (Å²) in [5.41, 5.74) is 3.36. The number of anilines is 1. The van der Waals surface area contributed by atoms with Crippen LogP contribution in [0.3, 0.4) is 0 Å². The minimum Gasteiger partial charge on any atom is -0.497 e. The first-order valence-electron chi connectivity index (χ1n) is 10.6. The number of nitrogens with zero attached hydrogens (tertiary/aromatic N) is 1. The van der Waals surface area contributed by atoms with Gasteiger partial charge in [0.1, 0.15) is 17.3 Å². The van der Waals surface area contributed by atoms with Crippen molar-refractivity contribution in [2.75, 3.05) is 19.0 Å². The van der Waals surface area contributed by atoms with Crippen LogP contribution in [0.15, 0.2) is 59.0 Å². The highest BCUT2D eigenvalue weighted by atomic mass is 16.5. The summed E-state index contributed by atoms with van der Waals surface area (Å²) in [6.45, 7) is 1.13. The molecule has 6 nitrogen and oxygen atoms in total. The van der Waals surface area contributed by atoms with Crippen LogP contribution in [-0.2, 0) is 17.8 Å². The Morgan fingerprint density at radius 3 is 2.65 bits per heavy atom. The number of rotatable bonds is 5. The molecule has 31 heavy (non-hydrogen) atoms. The topological polar surface area (TPSA) is 71.8 Å². The number of amides is 2. The van der Waals surface area contributed by atoms with E-state index >= 15 is 0 Å². The molecule has 1 aromatic heterocycles. The summed E-state index contributed by atoms with van der Waals surface area (Å²) in [7, 11) is 1.61. The highest BCUT2D eigenvalue weighted by Gasteiger charge is 2.29. The fourth-order valence-corrected chi connectivity index (χ4v) is 3.90. The number of ether oxygens (including phenoxy) is 1. The lowest BCUT2D eigenvalue weighted by Crippen LogP contribution is -2.35. The van der Waals surface area contributed by atoms with Gasteiger partial charge in [-0.3, -0.25) is 9.59 Å². The van der Waals surface area contributed by atoms with E-state index < -0.39 is 0 Å². The van der Waals surface area contributed by atoms with Crippen LogP contribution < -0.4 is 10.1 Å². The van der Waals surface area contributed by atoms with Crippen molar-refractivity contribution in [2.45, 2.75) is 25.8 Å². The predicted octanol–water partition coefficient (Wildman–Crippen LogP) is 4.50. The van der Waals surface area contributed by atoms with Crippen LogP contribution in [0.5, 0.6) is 5.75 Å². The van der Waals surface area contributed by atoms with Crippen molar-refractivity contribution in [3.63, 3.8) is 0 Å². The van der Waals surface area contributed by atoms with Crippen LogP contribution in [0, 0.1) is 5.92 Å². The monoisotopic (exact) mass is 416 g/mol. The fraction of sp³-hybridized carbons (Fsp3) is 0.280. The Morgan fingerprint density at radius 2 is 1.90 bits per heavy atom. The third kappa shape index (κ3) is 4.06. The van der Waals surface area contributed by atoms with Crippen LogP contribution in [0.4, 0.5) is 5.69 Å². The molecular formula is C25H24N2O4. The number of carbonyl (C=O) groups is 2. The average molecular weight is 416 g/mol. The second-order valence-corrected chi connectivity index (χ2v) is 8.11. The third-order valence-electron chi connectivity index (χ3n) is 5.85. The molecule has 2 aromatic carbocycles. The van der Waals surface area contributed by atoms with E-state index in [9.17, 15) is 9.59 Å². The lowest BCUT2D eigenvalue weighted by molar-refractivity contribution is -0.117. The van der Waals surface area contributed by atoms with Gasteiger partial charge in [-0.15, -0.1) is 0 Å². The van der Waals surface area contributed by atoms with Gasteiger partial charge in [-0.2, -0.15) is 0 Å². The SMILES string of the molecule is COc1ccc(C(=O)N2CCc3oc(-c4cccc(NC(=O)C5CC5)c4)cc3C2)cc1. The number of furan rings is 1. The highest BCUT2D eigenvalue weighted by Crippen LogP contribution is 2.33. The number of hydrogen-bond acceptors (Lipinski definition) is 4. The summed E-state index contributed by atoms with van der Waals surface area (Å²) in [6.07, 6.45) is 2.62. The first-order chi connectivity index (χ1) is 15.1. The van der Waals surface area contributed by atoms with Crippen LogP contribution in [0.2, 0.25) is 0 Å². The van der Waals surface area contributed by atoms with E-state index in [1.807, 2.05) is 35.2 Å². The molecule has 5 rings (SSSR count). The highest BCUT2D eigenvalue weighted by molar-refractivity contribution is 5.95. The summed E-state index contributed by atoms with van der Waals surface area (Å²) < 4.78 is 11.3. The first kappa shape index (κ1) is 19.4. The van der Waals surface area contributed by atoms with Gasteiger partial charge < -0.3 is 19.4 Å². The average Bonchev–Trinajstić information content (AvgIpc) is 3.57. The number of hydrogen-bond donors (Lipinski definition) is 1. The Balaban J connectivity index is 1.31. The van der Waals surface area contributed by atoms with Gasteiger partial charge in [0.05, 0.1) is 7.11 Å². The Morgan fingerprint density at radius 1 is 1.10 bits per heavy atom. The van der Waals surface area contributed by atoms with E-state index in [0.29, 0.717) is 25.1 Å². The molecule has 1 aliphatic carbocycles. The predicted molar refractivity (Wildman–Crippen MR) is 117 cm³/mol. The van der Waals surface area contributed by atoms with E-state index in [1.165, 1.54) is 0 Å². The zero-order valence-corrected chi connectivity index (χ0v) is 17.4. The molecule has 1 aliphatic heterocycles. The van der Waals surface area contributed by atoms with Gasteiger partial charge in [0.25, 0.3) is 5.91 Å². The van der Waals surface area contributed by atoms with Gasteiger partial charge in [0.2, 0.25) is 5.91 Å². The molecule has 0 atom stereocenters. The van der Waals surface area contributed by atoms with Gasteiger partial charge in [0, 0.05) is 47.8 Å². The lowest BCUT2D eigenvalue weighted by Gasteiger charge is -2.26. The van der Waals surface area contributed by atoms with Crippen molar-refractivity contribution in [1.82, 2.24) is 4.90 Å². The summed E-state index contributed by atoms with van der Waals surface area (Å²) in [6, 6.07) is 16.9. The molecule has 0 bridgehead atoms. The third-order valence-corrected chi connectivity index (χ3v) is 5.85. The maximum absolute atomic E-state index is 12.9. The Kier molecular flexibility index (Phi) is 4.98. The molecule has 2 aliphatic rings. The first-order valence-corrected chi connectivity index (χ1v) is 10.6. The van der Waals surface area contributed by atoms with Crippen molar-refractivity contribution < 1.29 is 18.7 Å². The summed E-state index contributed by atoms with van der Waals surface area (Å²) in [5.74, 6) is 2.65. The number of methoxy groups -OCH3 is 1. The molecule has 0 spiro atoms. The number of carbonyl (C=O) groups excluding carboxylic acids is 2. The van der Waals surface area contributed by atoms with Crippen molar-refractivity contribution in [3.8, 4) is 17.1 Å². The number of benzene rings is 2. The van der Waals surface area contributed by atoms with E-state index in [0.717, 1.165) is 46.9 Å². The molecule has 1 N–H and O–H groups in total. The molecule has 0 unspecified atom stereocenters. The van der Waals surface area contributed by atoms with Crippen LogP contribution in [0.1, 0.15) is 34.5 Å². The molecule has 158 valence electrons. The standard InChI is InChI=1S/C25H24N2O4/c1-30-21-9-7-17(8-10-21)25(29)27-12-11-22-19(15-27)14-23(31-22)18-3-2-4-20(13-18)26-24(28)16-5-6-16/h2-4,7-10,13-14,16H,5-6,11-12,15H2,1H3,(H,26,28). The largest absolute Gasteiger partial charge is 0.497 e. The Bertz CT molecular complexity index is 1130. The van der Waals surface area contributed by atoms with Crippen LogP contribution in [-0.4, -0.2) is 30.4 Å². The zero-order chi connectivity index (χ0) is 21.4. The quantitative estimate of drug-likeness (QED) is 0.665. The van der Waals surface area contributed by atoms with Crippen molar-refractivity contribution in [2.24, 2.45) is 5.92 Å². The van der Waals surface area contributed by atoms with E-state index in [2.05, 4.69) is 5.32 Å². The molecule has 0 radical (unpaired) electrons. The van der Waals surface area contributed by atoms with Crippen LogP contribution >= 0.6 is 0 Å². The number of fused-ring (bicyclic) bond motifs is 1. The second kappa shape index (κ2) is 7.95. The van der Waals surface area contributed by atoms with Crippen molar-refractivity contribution >= 4 is 17.5 Å². The van der Waals surface area contributed by atoms with E-state index in [1.54, 1.807) is 31.4 Å². The summed E-state index contributed by atoms with van der Waals surface area (Å²) >= 11 is 0. The molecule has 6 heteroatoms. The van der Waals surface area contributed by atoms with Gasteiger partial charge in [0.15, 0.2) is 0 Å². The normalized spacial score (nSPS) is 15.3. The van der Waals surface area contributed by atoms with Gasteiger partial charge in [-0.1, -0.05) is 12.1 Å². The molecule has 3 aromatic rings. The van der Waals surface area contributed by atoms with Crippen molar-refractivity contribution in [3.05, 3.63) is 71.5 Å². The lowest BCUT2D eigenvalue weighted by atomic mass is 10.1. The smallest absolute Gasteiger partial charge is 0.254 e. The summed E-state index contributed by atoms with van der Waals surface area (Å²) in [4.78, 5) is 26.8. The fourth-order valence-electron chi connectivity index (χ4n) is 3.90. The minimum atomic E-state index is 0.000777. The van der Waals surface area contributed by atoms with Crippen LogP contribution in [0.25, 0.3) is 11.3 Å². The van der Waals surface area contributed by atoms with E-state index in [4.69, 9.17) is 9.15 Å². The van der Waals surface area contributed by atoms with Gasteiger partial charge in [-0.25, -0.2) is 0 Å². The molecule has 2 heterocycles. The van der Waals surface area contributed by atoms with Crippen molar-refractivity contribution in [1.29, 1.82) is 0 Å². The molecular weight excluding hydrogens is 392 g/mol. The molecule has 1 fully saturated rings. The van der Waals surface area contributed by atoms with E-state index in [-0.39, 0.29) is 17.7 Å². The maximum Gasteiger partial charge on any atom is 0.254 e. The zero-order valence-electron chi connectivity index (χ0n) is 17.4. The Labute approximate surface area is 180 Å².